The van der Waals surface area contributed by atoms with Gasteiger partial charge in [0, 0.05) is 5.75 Å². The van der Waals surface area contributed by atoms with Gasteiger partial charge in [-0.3, -0.25) is 14.5 Å². The fourth-order valence-corrected chi connectivity index (χ4v) is 7.23. The lowest BCUT2D eigenvalue weighted by atomic mass is 9.95. The number of thioether (sulfide) groups is 1. The zero-order valence-corrected chi connectivity index (χ0v) is 25.6. The van der Waals surface area contributed by atoms with E-state index in [0.717, 1.165) is 5.56 Å². The van der Waals surface area contributed by atoms with Crippen LogP contribution in [0.2, 0.25) is 0 Å². The minimum absolute atomic E-state index is 0.0444. The SMILES string of the molecule is CCOc1ccc(C2C(C(=O)c3sc(C)nc3C)=C(O)C(=O)N2c2nnc(SCc3ccc(C)cc3)s2)cc1OC. The number of ketones is 1. The molecule has 4 aromatic rings. The van der Waals surface area contributed by atoms with Gasteiger partial charge in [0.25, 0.3) is 5.91 Å². The highest BCUT2D eigenvalue weighted by molar-refractivity contribution is 8.00. The van der Waals surface area contributed by atoms with Crippen LogP contribution in [0.5, 0.6) is 11.5 Å². The molecule has 0 fully saturated rings. The number of anilines is 1. The zero-order valence-electron chi connectivity index (χ0n) is 23.1. The van der Waals surface area contributed by atoms with E-state index in [1.807, 2.05) is 13.8 Å². The third-order valence-corrected chi connectivity index (χ3v) is 9.65. The molecule has 0 aliphatic carbocycles. The maximum atomic E-state index is 13.9. The van der Waals surface area contributed by atoms with Crippen LogP contribution in [0.4, 0.5) is 5.13 Å². The number of thiazole rings is 1. The number of nitrogens with zero attached hydrogens (tertiary/aromatic N) is 4. The molecule has 0 bridgehead atoms. The second kappa shape index (κ2) is 12.0. The fourth-order valence-electron chi connectivity index (χ4n) is 4.53. The van der Waals surface area contributed by atoms with Gasteiger partial charge < -0.3 is 14.6 Å². The molecule has 1 aliphatic rings. The largest absolute Gasteiger partial charge is 0.503 e. The van der Waals surface area contributed by atoms with Crippen LogP contribution in [0.25, 0.3) is 0 Å². The lowest BCUT2D eigenvalue weighted by Crippen LogP contribution is -2.31. The molecule has 2 aromatic heterocycles. The van der Waals surface area contributed by atoms with E-state index in [2.05, 4.69) is 39.4 Å². The van der Waals surface area contributed by atoms with Gasteiger partial charge in [0.05, 0.1) is 40.9 Å². The summed E-state index contributed by atoms with van der Waals surface area (Å²) < 4.78 is 11.9. The Morgan fingerprint density at radius 1 is 1.07 bits per heavy atom. The quantitative estimate of drug-likeness (QED) is 0.124. The number of carbonyl (C=O) groups is 2. The van der Waals surface area contributed by atoms with Crippen molar-refractivity contribution < 1.29 is 24.2 Å². The molecule has 2 aromatic carbocycles. The Bertz CT molecular complexity index is 1640. The first-order valence-electron chi connectivity index (χ1n) is 12.8. The number of ether oxygens (including phenoxy) is 2. The number of aliphatic hydroxyl groups excluding tert-OH is 1. The van der Waals surface area contributed by atoms with E-state index >= 15 is 0 Å². The van der Waals surface area contributed by atoms with Crippen molar-refractivity contribution in [3.05, 3.63) is 86.1 Å². The standard InChI is InChI=1S/C29H28N4O5S3/c1-6-38-20-12-11-19(13-21(20)37-5)23-22(24(34)26-16(3)30-17(4)40-26)25(35)27(36)33(23)28-31-32-29(41-28)39-14-18-9-7-15(2)8-10-18/h7-13,23,35H,6,14H2,1-5H3. The van der Waals surface area contributed by atoms with Crippen LogP contribution >= 0.6 is 34.4 Å². The molecule has 0 saturated heterocycles. The maximum absolute atomic E-state index is 13.9. The predicted molar refractivity (Wildman–Crippen MR) is 161 cm³/mol. The van der Waals surface area contributed by atoms with Crippen LogP contribution in [-0.2, 0) is 10.5 Å². The molecule has 1 N–H and O–H groups in total. The molecule has 1 atom stereocenters. The molecule has 12 heteroatoms. The summed E-state index contributed by atoms with van der Waals surface area (Å²) in [5.74, 6) is -0.169. The number of hydrogen-bond donors (Lipinski definition) is 1. The number of methoxy groups -OCH3 is 1. The van der Waals surface area contributed by atoms with E-state index in [-0.39, 0.29) is 10.7 Å². The molecular formula is C29H28N4O5S3. The first kappa shape index (κ1) is 28.8. The van der Waals surface area contributed by atoms with Gasteiger partial charge in [0.15, 0.2) is 21.6 Å². The van der Waals surface area contributed by atoms with Crippen molar-refractivity contribution in [2.75, 3.05) is 18.6 Å². The summed E-state index contributed by atoms with van der Waals surface area (Å²) in [5, 5.41) is 20.7. The first-order chi connectivity index (χ1) is 19.7. The second-order valence-corrected chi connectivity index (χ2v) is 12.7. The number of hydrogen-bond acceptors (Lipinski definition) is 11. The van der Waals surface area contributed by atoms with Gasteiger partial charge in [-0.25, -0.2) is 4.98 Å². The van der Waals surface area contributed by atoms with Gasteiger partial charge in [-0.15, -0.1) is 21.5 Å². The highest BCUT2D eigenvalue weighted by Gasteiger charge is 2.47. The molecule has 3 heterocycles. The average molecular weight is 609 g/mol. The summed E-state index contributed by atoms with van der Waals surface area (Å²) in [4.78, 5) is 33.6. The highest BCUT2D eigenvalue weighted by Crippen LogP contribution is 2.46. The molecule has 1 unspecified atom stereocenters. The number of aromatic nitrogens is 3. The maximum Gasteiger partial charge on any atom is 0.296 e. The third kappa shape index (κ3) is 5.72. The molecule has 0 spiro atoms. The van der Waals surface area contributed by atoms with Crippen molar-refractivity contribution in [3.8, 4) is 11.5 Å². The summed E-state index contributed by atoms with van der Waals surface area (Å²) in [6.07, 6.45) is 0. The molecule has 212 valence electrons. The van der Waals surface area contributed by atoms with Crippen LogP contribution < -0.4 is 14.4 Å². The molecular weight excluding hydrogens is 581 g/mol. The van der Waals surface area contributed by atoms with Crippen molar-refractivity contribution >= 4 is 51.3 Å². The predicted octanol–water partition coefficient (Wildman–Crippen LogP) is 6.40. The Hall–Kier alpha value is -3.74. The zero-order chi connectivity index (χ0) is 29.3. The highest BCUT2D eigenvalue weighted by atomic mass is 32.2. The van der Waals surface area contributed by atoms with E-state index in [9.17, 15) is 14.7 Å². The number of benzene rings is 2. The van der Waals surface area contributed by atoms with Crippen molar-refractivity contribution in [3.63, 3.8) is 0 Å². The van der Waals surface area contributed by atoms with Crippen molar-refractivity contribution in [1.29, 1.82) is 0 Å². The number of aliphatic hydroxyl groups is 1. The van der Waals surface area contributed by atoms with Crippen LogP contribution in [0.1, 0.15) is 50.0 Å². The smallest absolute Gasteiger partial charge is 0.296 e. The van der Waals surface area contributed by atoms with Gasteiger partial charge in [0.1, 0.15) is 0 Å². The van der Waals surface area contributed by atoms with Gasteiger partial charge >= 0.3 is 0 Å². The Morgan fingerprint density at radius 2 is 1.83 bits per heavy atom. The summed E-state index contributed by atoms with van der Waals surface area (Å²) in [7, 11) is 1.52. The van der Waals surface area contributed by atoms with Crippen LogP contribution in [0.3, 0.4) is 0 Å². The van der Waals surface area contributed by atoms with Gasteiger partial charge in [-0.05, 0) is 51.0 Å². The van der Waals surface area contributed by atoms with E-state index < -0.39 is 23.5 Å². The summed E-state index contributed by atoms with van der Waals surface area (Å²) in [6.45, 7) is 7.88. The Balaban J connectivity index is 1.54. The van der Waals surface area contributed by atoms with Crippen molar-refractivity contribution in [1.82, 2.24) is 15.2 Å². The van der Waals surface area contributed by atoms with Crippen LogP contribution in [-0.4, -0.2) is 45.7 Å². The van der Waals surface area contributed by atoms with Gasteiger partial charge in [0.2, 0.25) is 10.9 Å². The van der Waals surface area contributed by atoms with E-state index in [1.165, 1.54) is 52.0 Å². The lowest BCUT2D eigenvalue weighted by molar-refractivity contribution is -0.117. The van der Waals surface area contributed by atoms with E-state index in [0.29, 0.717) is 49.3 Å². The molecule has 1 aliphatic heterocycles. The van der Waals surface area contributed by atoms with Crippen molar-refractivity contribution in [2.45, 2.75) is 43.8 Å². The second-order valence-electron chi connectivity index (χ2n) is 9.28. The summed E-state index contributed by atoms with van der Waals surface area (Å²) in [5.41, 5.74) is 3.36. The molecule has 9 nitrogen and oxygen atoms in total. The number of rotatable bonds is 10. The Labute approximate surface area is 249 Å². The molecule has 0 saturated carbocycles. The number of aryl methyl sites for hydroxylation is 3. The summed E-state index contributed by atoms with van der Waals surface area (Å²) >= 11 is 3.95. The minimum Gasteiger partial charge on any atom is -0.503 e. The number of Topliss-reactive ketones (excluding diaryl/α,β-unsaturated/α-hetero) is 1. The molecule has 5 rings (SSSR count). The molecule has 0 radical (unpaired) electrons. The summed E-state index contributed by atoms with van der Waals surface area (Å²) in [6, 6.07) is 12.5. The lowest BCUT2D eigenvalue weighted by Gasteiger charge is -2.24. The van der Waals surface area contributed by atoms with Gasteiger partial charge in [-0.1, -0.05) is 59.0 Å². The fraction of sp³-hybridized carbons (Fsp3) is 0.276. The minimum atomic E-state index is -0.968. The molecule has 41 heavy (non-hydrogen) atoms. The van der Waals surface area contributed by atoms with Crippen LogP contribution in [0.15, 0.2) is 58.1 Å². The normalized spacial score (nSPS) is 15.1. The topological polar surface area (TPSA) is 115 Å². The average Bonchev–Trinajstić information content (AvgIpc) is 3.64. The number of amides is 1. The Kier molecular flexibility index (Phi) is 8.43. The van der Waals surface area contributed by atoms with Gasteiger partial charge in [-0.2, -0.15) is 0 Å². The monoisotopic (exact) mass is 608 g/mol. The van der Waals surface area contributed by atoms with E-state index in [1.54, 1.807) is 32.0 Å². The third-order valence-electron chi connectivity index (χ3n) is 6.45. The first-order valence-corrected chi connectivity index (χ1v) is 15.4. The van der Waals surface area contributed by atoms with Crippen molar-refractivity contribution in [2.24, 2.45) is 0 Å². The molecule has 1 amide bonds. The number of carbonyl (C=O) groups excluding carboxylic acids is 2. The van der Waals surface area contributed by atoms with E-state index in [4.69, 9.17) is 9.47 Å². The van der Waals surface area contributed by atoms with Crippen LogP contribution in [0, 0.1) is 20.8 Å². The Morgan fingerprint density at radius 3 is 2.49 bits per heavy atom.